The van der Waals surface area contributed by atoms with E-state index in [-0.39, 0.29) is 11.4 Å². The third kappa shape index (κ3) is 3.63. The van der Waals surface area contributed by atoms with Crippen molar-refractivity contribution in [3.05, 3.63) is 44.9 Å². The topological polar surface area (TPSA) is 81.2 Å². The number of nitrogen functional groups attached to an aromatic ring is 1. The normalized spacial score (nSPS) is 10.1. The third-order valence-electron chi connectivity index (χ3n) is 1.94. The van der Waals surface area contributed by atoms with Crippen LogP contribution in [-0.2, 0) is 6.54 Å². The second-order valence-corrected chi connectivity index (χ2v) is 4.39. The zero-order valence-corrected chi connectivity index (χ0v) is 10.2. The van der Waals surface area contributed by atoms with Crippen LogP contribution >= 0.6 is 15.9 Å². The summed E-state index contributed by atoms with van der Waals surface area (Å²) in [6, 6.07) is 4.77. The number of benzene rings is 1. The number of nitrogens with one attached hydrogen (secondary N) is 1. The Kier molecular flexibility index (Phi) is 4.45. The lowest BCUT2D eigenvalue weighted by molar-refractivity contribution is -0.384. The van der Waals surface area contributed by atoms with Crippen LogP contribution in [0.1, 0.15) is 5.56 Å². The molecule has 0 atom stereocenters. The summed E-state index contributed by atoms with van der Waals surface area (Å²) in [5.74, 6) is 0. The molecule has 16 heavy (non-hydrogen) atoms. The molecule has 1 aromatic carbocycles. The van der Waals surface area contributed by atoms with Crippen LogP contribution in [0, 0.1) is 10.1 Å². The van der Waals surface area contributed by atoms with E-state index in [0.717, 1.165) is 10.0 Å². The van der Waals surface area contributed by atoms with Gasteiger partial charge in [-0.3, -0.25) is 10.1 Å². The zero-order valence-electron chi connectivity index (χ0n) is 8.57. The Morgan fingerprint density at radius 1 is 1.62 bits per heavy atom. The maximum atomic E-state index is 10.6. The fourth-order valence-corrected chi connectivity index (χ4v) is 1.40. The van der Waals surface area contributed by atoms with Gasteiger partial charge in [0.15, 0.2) is 0 Å². The monoisotopic (exact) mass is 285 g/mol. The molecule has 0 aliphatic carbocycles. The Morgan fingerprint density at radius 3 is 2.88 bits per heavy atom. The van der Waals surface area contributed by atoms with Crippen molar-refractivity contribution in [1.82, 2.24) is 5.32 Å². The van der Waals surface area contributed by atoms with Crippen LogP contribution in [0.5, 0.6) is 0 Å². The van der Waals surface area contributed by atoms with Crippen LogP contribution in [0.25, 0.3) is 0 Å². The first kappa shape index (κ1) is 12.7. The van der Waals surface area contributed by atoms with Crippen molar-refractivity contribution in [2.45, 2.75) is 6.54 Å². The Morgan fingerprint density at radius 2 is 2.31 bits per heavy atom. The van der Waals surface area contributed by atoms with Crippen LogP contribution in [0.3, 0.4) is 0 Å². The van der Waals surface area contributed by atoms with E-state index in [1.54, 1.807) is 6.07 Å². The number of nitro benzene ring substituents is 1. The van der Waals surface area contributed by atoms with Crippen molar-refractivity contribution < 1.29 is 4.92 Å². The van der Waals surface area contributed by atoms with E-state index >= 15 is 0 Å². The minimum Gasteiger partial charge on any atom is -0.393 e. The van der Waals surface area contributed by atoms with Crippen molar-refractivity contribution in [3.63, 3.8) is 0 Å². The molecule has 0 aliphatic rings. The van der Waals surface area contributed by atoms with E-state index < -0.39 is 4.92 Å². The molecule has 6 heteroatoms. The third-order valence-corrected chi connectivity index (χ3v) is 2.22. The molecule has 0 heterocycles. The maximum absolute atomic E-state index is 10.6. The molecule has 0 fully saturated rings. The highest BCUT2D eigenvalue weighted by atomic mass is 79.9. The van der Waals surface area contributed by atoms with Crippen LogP contribution in [0.2, 0.25) is 0 Å². The summed E-state index contributed by atoms with van der Waals surface area (Å²) >= 11 is 3.21. The lowest BCUT2D eigenvalue weighted by Crippen LogP contribution is -2.14. The second kappa shape index (κ2) is 5.62. The van der Waals surface area contributed by atoms with E-state index in [4.69, 9.17) is 5.73 Å². The number of anilines is 1. The van der Waals surface area contributed by atoms with Crippen molar-refractivity contribution in [2.75, 3.05) is 12.3 Å². The molecule has 0 unspecified atom stereocenters. The minimum absolute atomic E-state index is 0.0584. The molecule has 0 amide bonds. The maximum Gasteiger partial charge on any atom is 0.292 e. The largest absolute Gasteiger partial charge is 0.393 e. The summed E-state index contributed by atoms with van der Waals surface area (Å²) in [5.41, 5.74) is 6.42. The van der Waals surface area contributed by atoms with Gasteiger partial charge in [0, 0.05) is 23.6 Å². The van der Waals surface area contributed by atoms with Crippen molar-refractivity contribution in [1.29, 1.82) is 0 Å². The summed E-state index contributed by atoms with van der Waals surface area (Å²) in [6.45, 7) is 4.81. The SMILES string of the molecule is C=C(Br)CNCc1ccc(N)c([N+](=O)[O-])c1. The van der Waals surface area contributed by atoms with Gasteiger partial charge in [-0.05, 0) is 11.6 Å². The predicted molar refractivity (Wildman–Crippen MR) is 67.3 cm³/mol. The summed E-state index contributed by atoms with van der Waals surface area (Å²) in [5, 5.41) is 13.7. The smallest absolute Gasteiger partial charge is 0.292 e. The molecule has 5 nitrogen and oxygen atoms in total. The van der Waals surface area contributed by atoms with Crippen molar-refractivity contribution in [2.24, 2.45) is 0 Å². The Labute approximate surface area is 102 Å². The van der Waals surface area contributed by atoms with Gasteiger partial charge in [-0.15, -0.1) is 0 Å². The van der Waals surface area contributed by atoms with Crippen LogP contribution in [-0.4, -0.2) is 11.5 Å². The summed E-state index contributed by atoms with van der Waals surface area (Å²) < 4.78 is 0.831. The average molecular weight is 286 g/mol. The molecule has 1 aromatic rings. The van der Waals surface area contributed by atoms with E-state index in [0.29, 0.717) is 13.1 Å². The molecule has 3 N–H and O–H groups in total. The zero-order chi connectivity index (χ0) is 12.1. The molecular weight excluding hydrogens is 274 g/mol. The summed E-state index contributed by atoms with van der Waals surface area (Å²) in [6.07, 6.45) is 0. The van der Waals surface area contributed by atoms with Crippen LogP contribution < -0.4 is 11.1 Å². The molecule has 0 aliphatic heterocycles. The van der Waals surface area contributed by atoms with Crippen LogP contribution in [0.4, 0.5) is 11.4 Å². The Balaban J connectivity index is 2.71. The van der Waals surface area contributed by atoms with Crippen molar-refractivity contribution in [3.8, 4) is 0 Å². The Hall–Kier alpha value is -1.40. The van der Waals surface area contributed by atoms with Gasteiger partial charge in [-0.25, -0.2) is 0 Å². The predicted octanol–water partition coefficient (Wildman–Crippen LogP) is 2.18. The lowest BCUT2D eigenvalue weighted by atomic mass is 10.2. The first-order valence-corrected chi connectivity index (χ1v) is 5.37. The lowest BCUT2D eigenvalue weighted by Gasteiger charge is -2.04. The molecule has 86 valence electrons. The molecule has 0 saturated heterocycles. The molecule has 0 bridgehead atoms. The minimum atomic E-state index is -0.484. The van der Waals surface area contributed by atoms with E-state index in [1.807, 2.05) is 0 Å². The standard InChI is InChI=1S/C10H12BrN3O2/c1-7(11)5-13-6-8-2-3-9(12)10(4-8)14(15)16/h2-4,13H,1,5-6,12H2. The molecule has 0 spiro atoms. The van der Waals surface area contributed by atoms with Gasteiger partial charge in [0.1, 0.15) is 5.69 Å². The van der Waals surface area contributed by atoms with E-state index in [1.165, 1.54) is 12.1 Å². The highest BCUT2D eigenvalue weighted by Crippen LogP contribution is 2.22. The fourth-order valence-electron chi connectivity index (χ4n) is 1.20. The number of hydrogen-bond acceptors (Lipinski definition) is 4. The summed E-state index contributed by atoms with van der Waals surface area (Å²) in [7, 11) is 0. The van der Waals surface area contributed by atoms with Gasteiger partial charge in [0.2, 0.25) is 0 Å². The van der Waals surface area contributed by atoms with E-state index in [9.17, 15) is 10.1 Å². The number of hydrogen-bond donors (Lipinski definition) is 2. The first-order valence-electron chi connectivity index (χ1n) is 4.57. The molecule has 1 rings (SSSR count). The van der Waals surface area contributed by atoms with Crippen LogP contribution in [0.15, 0.2) is 29.3 Å². The van der Waals surface area contributed by atoms with Gasteiger partial charge >= 0.3 is 0 Å². The number of nitrogens with zero attached hydrogens (tertiary/aromatic N) is 1. The quantitative estimate of drug-likeness (QED) is 0.494. The number of nitrogens with two attached hydrogens (primary N) is 1. The number of halogens is 1. The average Bonchev–Trinajstić information content (AvgIpc) is 2.19. The molecule has 0 saturated carbocycles. The van der Waals surface area contributed by atoms with Gasteiger partial charge in [-0.1, -0.05) is 28.6 Å². The second-order valence-electron chi connectivity index (χ2n) is 3.27. The van der Waals surface area contributed by atoms with E-state index in [2.05, 4.69) is 27.8 Å². The van der Waals surface area contributed by atoms with Gasteiger partial charge < -0.3 is 11.1 Å². The van der Waals surface area contributed by atoms with Gasteiger partial charge in [0.05, 0.1) is 4.92 Å². The number of nitro groups is 1. The highest BCUT2D eigenvalue weighted by molar-refractivity contribution is 9.11. The van der Waals surface area contributed by atoms with Gasteiger partial charge in [0.25, 0.3) is 5.69 Å². The number of rotatable bonds is 5. The fraction of sp³-hybridized carbons (Fsp3) is 0.200. The Bertz CT molecular complexity index is 421. The van der Waals surface area contributed by atoms with Crippen molar-refractivity contribution >= 4 is 27.3 Å². The van der Waals surface area contributed by atoms with Gasteiger partial charge in [-0.2, -0.15) is 0 Å². The molecular formula is C10H12BrN3O2. The summed E-state index contributed by atoms with van der Waals surface area (Å²) in [4.78, 5) is 10.2. The molecule has 0 aromatic heterocycles. The highest BCUT2D eigenvalue weighted by Gasteiger charge is 2.11. The first-order chi connectivity index (χ1) is 7.50. The molecule has 0 radical (unpaired) electrons.